The van der Waals surface area contributed by atoms with Crippen LogP contribution in [-0.4, -0.2) is 55.1 Å². The molecule has 1 fully saturated rings. The van der Waals surface area contributed by atoms with Gasteiger partial charge in [0.15, 0.2) is 11.5 Å². The molecule has 2 heterocycles. The lowest BCUT2D eigenvalue weighted by Crippen LogP contribution is -2.50. The number of nitrogens with one attached hydrogen (secondary N) is 3. The van der Waals surface area contributed by atoms with Crippen molar-refractivity contribution >= 4 is 29.1 Å². The van der Waals surface area contributed by atoms with Crippen LogP contribution in [-0.2, 0) is 9.59 Å². The zero-order valence-corrected chi connectivity index (χ0v) is 17.8. The summed E-state index contributed by atoms with van der Waals surface area (Å²) >= 11 is 0. The normalized spacial score (nSPS) is 17.0. The molecule has 3 N–H and O–H groups in total. The van der Waals surface area contributed by atoms with E-state index in [9.17, 15) is 14.4 Å². The van der Waals surface area contributed by atoms with Gasteiger partial charge in [0.05, 0.1) is 17.5 Å². The van der Waals surface area contributed by atoms with E-state index in [0.29, 0.717) is 12.4 Å². The number of fused-ring (bicyclic) bond motifs is 1. The van der Waals surface area contributed by atoms with Gasteiger partial charge in [-0.25, -0.2) is 0 Å². The van der Waals surface area contributed by atoms with Crippen molar-refractivity contribution in [1.82, 2.24) is 10.2 Å². The van der Waals surface area contributed by atoms with Gasteiger partial charge in [0, 0.05) is 33.0 Å². The number of piperidine rings is 1. The highest BCUT2D eigenvalue weighted by atomic mass is 16.6. The van der Waals surface area contributed by atoms with Crippen molar-refractivity contribution in [2.24, 2.45) is 0 Å². The van der Waals surface area contributed by atoms with Crippen molar-refractivity contribution in [2.45, 2.75) is 52.6 Å². The van der Waals surface area contributed by atoms with Crippen LogP contribution in [0.5, 0.6) is 11.5 Å². The molecule has 1 aromatic carbocycles. The summed E-state index contributed by atoms with van der Waals surface area (Å²) in [5.74, 6) is -0.453. The fourth-order valence-electron chi connectivity index (χ4n) is 3.90. The number of anilines is 2. The molecule has 2 aliphatic heterocycles. The molecule has 0 spiro atoms. The van der Waals surface area contributed by atoms with Crippen molar-refractivity contribution in [3.8, 4) is 11.5 Å². The molecule has 164 valence electrons. The van der Waals surface area contributed by atoms with Gasteiger partial charge in [0.25, 0.3) is 5.91 Å². The average Bonchev–Trinajstić information content (AvgIpc) is 2.72. The number of benzene rings is 1. The van der Waals surface area contributed by atoms with Gasteiger partial charge in [0.2, 0.25) is 11.8 Å². The first-order chi connectivity index (χ1) is 14.4. The standard InChI is InChI=1S/C21H30N4O5/c1-4-17(25-8-6-5-7-9-25)24-21(28)18-19(23-14(3)27)15(22-13(2)26)12-16-20(18)30-11-10-29-16/h12,17H,4-11H2,1-3H3,(H,22,26)(H,23,27)(H,24,28). The highest BCUT2D eigenvalue weighted by Crippen LogP contribution is 2.43. The monoisotopic (exact) mass is 418 g/mol. The first-order valence-corrected chi connectivity index (χ1v) is 10.5. The molecular formula is C21H30N4O5. The van der Waals surface area contributed by atoms with Gasteiger partial charge in [-0.05, 0) is 19.3 Å². The number of hydrogen-bond acceptors (Lipinski definition) is 6. The van der Waals surface area contributed by atoms with Crippen LogP contribution in [0.2, 0.25) is 0 Å². The second kappa shape index (κ2) is 9.80. The molecule has 30 heavy (non-hydrogen) atoms. The van der Waals surface area contributed by atoms with E-state index in [-0.39, 0.29) is 53.2 Å². The molecule has 9 heteroatoms. The van der Waals surface area contributed by atoms with Crippen LogP contribution >= 0.6 is 0 Å². The van der Waals surface area contributed by atoms with E-state index in [2.05, 4.69) is 20.9 Å². The van der Waals surface area contributed by atoms with Crippen LogP contribution in [0, 0.1) is 0 Å². The van der Waals surface area contributed by atoms with Gasteiger partial charge in [-0.2, -0.15) is 0 Å². The summed E-state index contributed by atoms with van der Waals surface area (Å²) in [4.78, 5) is 39.3. The minimum atomic E-state index is -0.384. The van der Waals surface area contributed by atoms with Crippen molar-refractivity contribution in [1.29, 1.82) is 0 Å². The topological polar surface area (TPSA) is 109 Å². The van der Waals surface area contributed by atoms with Crippen LogP contribution in [0.3, 0.4) is 0 Å². The summed E-state index contributed by atoms with van der Waals surface area (Å²) in [5, 5.41) is 8.45. The van der Waals surface area contributed by atoms with Gasteiger partial charge in [-0.3, -0.25) is 19.3 Å². The van der Waals surface area contributed by atoms with E-state index < -0.39 is 0 Å². The molecule has 1 unspecified atom stereocenters. The second-order valence-corrected chi connectivity index (χ2v) is 7.55. The third-order valence-corrected chi connectivity index (χ3v) is 5.19. The first kappa shape index (κ1) is 21.9. The number of carbonyl (C=O) groups is 3. The van der Waals surface area contributed by atoms with E-state index in [1.165, 1.54) is 20.3 Å². The summed E-state index contributed by atoms with van der Waals surface area (Å²) in [6.07, 6.45) is 4.02. The lowest BCUT2D eigenvalue weighted by Gasteiger charge is -2.35. The third-order valence-electron chi connectivity index (χ3n) is 5.19. The molecule has 0 bridgehead atoms. The van der Waals surface area contributed by atoms with E-state index in [1.807, 2.05) is 6.92 Å². The van der Waals surface area contributed by atoms with Crippen molar-refractivity contribution in [2.75, 3.05) is 36.9 Å². The van der Waals surface area contributed by atoms with Crippen LogP contribution in [0.25, 0.3) is 0 Å². The molecule has 0 radical (unpaired) electrons. The van der Waals surface area contributed by atoms with E-state index in [1.54, 1.807) is 6.07 Å². The predicted molar refractivity (Wildman–Crippen MR) is 113 cm³/mol. The summed E-state index contributed by atoms with van der Waals surface area (Å²) in [7, 11) is 0. The van der Waals surface area contributed by atoms with E-state index in [4.69, 9.17) is 9.47 Å². The number of hydrogen-bond donors (Lipinski definition) is 3. The first-order valence-electron chi connectivity index (χ1n) is 10.5. The second-order valence-electron chi connectivity index (χ2n) is 7.55. The van der Waals surface area contributed by atoms with Crippen LogP contribution in [0.15, 0.2) is 6.07 Å². The Morgan fingerprint density at radius 3 is 2.33 bits per heavy atom. The fourth-order valence-corrected chi connectivity index (χ4v) is 3.90. The zero-order chi connectivity index (χ0) is 21.7. The predicted octanol–water partition coefficient (Wildman–Crippen LogP) is 2.33. The Balaban J connectivity index is 2.01. The Hall–Kier alpha value is -2.81. The lowest BCUT2D eigenvalue weighted by atomic mass is 10.1. The number of likely N-dealkylation sites (tertiary alicyclic amines) is 1. The number of carbonyl (C=O) groups excluding carboxylic acids is 3. The van der Waals surface area contributed by atoms with E-state index >= 15 is 0 Å². The molecule has 0 saturated carbocycles. The average molecular weight is 418 g/mol. The molecule has 0 aliphatic carbocycles. The van der Waals surface area contributed by atoms with Crippen LogP contribution < -0.4 is 25.4 Å². The maximum absolute atomic E-state index is 13.4. The molecule has 1 aromatic rings. The zero-order valence-electron chi connectivity index (χ0n) is 17.8. The van der Waals surface area contributed by atoms with Gasteiger partial charge in [-0.1, -0.05) is 13.3 Å². The Labute approximate surface area is 176 Å². The Bertz CT molecular complexity index is 820. The molecule has 1 atom stereocenters. The van der Waals surface area contributed by atoms with Gasteiger partial charge < -0.3 is 25.4 Å². The number of rotatable bonds is 6. The molecule has 0 aromatic heterocycles. The van der Waals surface area contributed by atoms with Crippen molar-refractivity contribution in [3.63, 3.8) is 0 Å². The highest BCUT2D eigenvalue weighted by Gasteiger charge is 2.30. The van der Waals surface area contributed by atoms with Crippen LogP contribution in [0.1, 0.15) is 56.8 Å². The van der Waals surface area contributed by atoms with Crippen molar-refractivity contribution in [3.05, 3.63) is 11.6 Å². The molecular weight excluding hydrogens is 388 g/mol. The summed E-state index contributed by atoms with van der Waals surface area (Å²) in [5.41, 5.74) is 0.646. The number of nitrogens with zero attached hydrogens (tertiary/aromatic N) is 1. The summed E-state index contributed by atoms with van der Waals surface area (Å²) in [6, 6.07) is 1.57. The third kappa shape index (κ3) is 5.02. The minimum absolute atomic E-state index is 0.132. The van der Waals surface area contributed by atoms with Gasteiger partial charge >= 0.3 is 0 Å². The maximum atomic E-state index is 13.4. The molecule has 3 rings (SSSR count). The molecule has 2 aliphatic rings. The van der Waals surface area contributed by atoms with Gasteiger partial charge in [-0.15, -0.1) is 0 Å². The lowest BCUT2D eigenvalue weighted by molar-refractivity contribution is -0.115. The minimum Gasteiger partial charge on any atom is -0.486 e. The SMILES string of the molecule is CCC(NC(=O)c1c(NC(C)=O)c(NC(C)=O)cc2c1OCCO2)N1CCCCC1. The Morgan fingerprint density at radius 2 is 1.70 bits per heavy atom. The molecule has 1 saturated heterocycles. The summed E-state index contributed by atoms with van der Waals surface area (Å²) < 4.78 is 11.4. The fraction of sp³-hybridized carbons (Fsp3) is 0.571. The van der Waals surface area contributed by atoms with E-state index in [0.717, 1.165) is 32.4 Å². The molecule has 9 nitrogen and oxygen atoms in total. The largest absolute Gasteiger partial charge is 0.486 e. The number of ether oxygens (including phenoxy) is 2. The number of amides is 3. The van der Waals surface area contributed by atoms with Gasteiger partial charge in [0.1, 0.15) is 18.8 Å². The quantitative estimate of drug-likeness (QED) is 0.654. The smallest absolute Gasteiger partial charge is 0.258 e. The highest BCUT2D eigenvalue weighted by molar-refractivity contribution is 6.11. The van der Waals surface area contributed by atoms with Crippen LogP contribution in [0.4, 0.5) is 11.4 Å². The molecule has 3 amide bonds. The Morgan fingerprint density at radius 1 is 1.03 bits per heavy atom. The maximum Gasteiger partial charge on any atom is 0.258 e. The Kier molecular flexibility index (Phi) is 7.15. The summed E-state index contributed by atoms with van der Waals surface area (Å²) in [6.45, 7) is 7.21. The van der Waals surface area contributed by atoms with Crippen molar-refractivity contribution < 1.29 is 23.9 Å².